The molecule has 2 aliphatic rings. The molecule has 4 rings (SSSR count). The van der Waals surface area contributed by atoms with Crippen LogP contribution in [-0.2, 0) is 4.79 Å². The van der Waals surface area contributed by atoms with E-state index in [1.54, 1.807) is 12.1 Å². The number of rotatable bonds is 3. The van der Waals surface area contributed by atoms with Gasteiger partial charge in [0.25, 0.3) is 0 Å². The Kier molecular flexibility index (Phi) is 4.93. The molecule has 2 fully saturated rings. The van der Waals surface area contributed by atoms with Crippen LogP contribution in [0.1, 0.15) is 37.2 Å². The van der Waals surface area contributed by atoms with Crippen molar-refractivity contribution in [3.05, 3.63) is 60.2 Å². The molecule has 0 saturated carbocycles. The van der Waals surface area contributed by atoms with Crippen LogP contribution >= 0.6 is 0 Å². The standard InChI is InChI=1S/C22H26N2O2/c25-20-10-8-17(9-11-20)18-12-15-23(16-13-18)21-7-4-14-24(22(21)26)19-5-2-1-3-6-19/h1-3,5-6,8-11,18,21,25H,4,7,12-16H2. The Balaban J connectivity index is 1.40. The third kappa shape index (κ3) is 3.47. The van der Waals surface area contributed by atoms with Crippen molar-refractivity contribution >= 4 is 11.6 Å². The Morgan fingerprint density at radius 3 is 2.23 bits per heavy atom. The minimum Gasteiger partial charge on any atom is -0.508 e. The molecule has 136 valence electrons. The van der Waals surface area contributed by atoms with Crippen molar-refractivity contribution in [2.24, 2.45) is 0 Å². The molecule has 0 radical (unpaired) electrons. The van der Waals surface area contributed by atoms with Crippen LogP contribution in [0, 0.1) is 0 Å². The number of carbonyl (C=O) groups is 1. The minimum absolute atomic E-state index is 0.0183. The second-order valence-electron chi connectivity index (χ2n) is 7.39. The summed E-state index contributed by atoms with van der Waals surface area (Å²) in [7, 11) is 0. The summed E-state index contributed by atoms with van der Waals surface area (Å²) in [6.07, 6.45) is 4.16. The average molecular weight is 350 g/mol. The first-order valence-electron chi connectivity index (χ1n) is 9.62. The van der Waals surface area contributed by atoms with E-state index in [2.05, 4.69) is 4.90 Å². The minimum atomic E-state index is 0.0183. The molecular weight excluding hydrogens is 324 g/mol. The molecule has 2 heterocycles. The number of para-hydroxylation sites is 1. The van der Waals surface area contributed by atoms with Gasteiger partial charge in [0.15, 0.2) is 0 Å². The molecule has 2 aliphatic heterocycles. The number of phenolic OH excluding ortho intramolecular Hbond substituents is 1. The first-order valence-corrected chi connectivity index (χ1v) is 9.62. The second-order valence-corrected chi connectivity index (χ2v) is 7.39. The van der Waals surface area contributed by atoms with Crippen molar-refractivity contribution in [1.29, 1.82) is 0 Å². The van der Waals surface area contributed by atoms with E-state index in [1.165, 1.54) is 5.56 Å². The van der Waals surface area contributed by atoms with E-state index >= 15 is 0 Å². The summed E-state index contributed by atoms with van der Waals surface area (Å²) in [6, 6.07) is 17.6. The zero-order valence-corrected chi connectivity index (χ0v) is 15.1. The van der Waals surface area contributed by atoms with Crippen molar-refractivity contribution in [3.63, 3.8) is 0 Å². The Hall–Kier alpha value is -2.33. The lowest BCUT2D eigenvalue weighted by Gasteiger charge is -2.41. The predicted molar refractivity (Wildman–Crippen MR) is 103 cm³/mol. The normalized spacial score (nSPS) is 22.5. The van der Waals surface area contributed by atoms with Gasteiger partial charge in [-0.2, -0.15) is 0 Å². The molecule has 1 atom stereocenters. The Labute approximate surface area is 155 Å². The Morgan fingerprint density at radius 1 is 0.846 bits per heavy atom. The highest BCUT2D eigenvalue weighted by Crippen LogP contribution is 2.32. The molecule has 4 nitrogen and oxygen atoms in total. The van der Waals surface area contributed by atoms with E-state index in [0.29, 0.717) is 11.7 Å². The molecule has 0 bridgehead atoms. The molecule has 2 aromatic rings. The monoisotopic (exact) mass is 350 g/mol. The van der Waals surface area contributed by atoms with Crippen molar-refractivity contribution in [1.82, 2.24) is 4.90 Å². The van der Waals surface area contributed by atoms with Crippen LogP contribution in [0.4, 0.5) is 5.69 Å². The highest BCUT2D eigenvalue weighted by molar-refractivity contribution is 5.97. The lowest BCUT2D eigenvalue weighted by Crippen LogP contribution is -2.54. The van der Waals surface area contributed by atoms with Crippen molar-refractivity contribution in [2.75, 3.05) is 24.5 Å². The van der Waals surface area contributed by atoms with E-state index in [-0.39, 0.29) is 11.9 Å². The number of anilines is 1. The highest BCUT2D eigenvalue weighted by atomic mass is 16.3. The number of carbonyl (C=O) groups excluding carboxylic acids is 1. The number of benzene rings is 2. The third-order valence-electron chi connectivity index (χ3n) is 5.81. The van der Waals surface area contributed by atoms with E-state index < -0.39 is 0 Å². The van der Waals surface area contributed by atoms with Crippen LogP contribution in [0.5, 0.6) is 5.75 Å². The summed E-state index contributed by atoms with van der Waals surface area (Å²) >= 11 is 0. The largest absolute Gasteiger partial charge is 0.508 e. The van der Waals surface area contributed by atoms with Gasteiger partial charge in [-0.05, 0) is 74.5 Å². The zero-order valence-electron chi connectivity index (χ0n) is 15.1. The maximum Gasteiger partial charge on any atom is 0.244 e. The van der Waals surface area contributed by atoms with Crippen LogP contribution in [0.25, 0.3) is 0 Å². The zero-order chi connectivity index (χ0) is 17.9. The number of hydrogen-bond acceptors (Lipinski definition) is 3. The fourth-order valence-electron chi connectivity index (χ4n) is 4.35. The van der Waals surface area contributed by atoms with Gasteiger partial charge in [0.1, 0.15) is 5.75 Å². The number of aromatic hydroxyl groups is 1. The molecule has 1 N–H and O–H groups in total. The van der Waals surface area contributed by atoms with Crippen LogP contribution in [0.3, 0.4) is 0 Å². The van der Waals surface area contributed by atoms with Gasteiger partial charge in [0, 0.05) is 12.2 Å². The average Bonchev–Trinajstić information content (AvgIpc) is 2.70. The van der Waals surface area contributed by atoms with Gasteiger partial charge in [-0.3, -0.25) is 9.69 Å². The number of amides is 1. The number of phenols is 1. The molecule has 2 aromatic carbocycles. The summed E-state index contributed by atoms with van der Waals surface area (Å²) in [5.74, 6) is 1.10. The summed E-state index contributed by atoms with van der Waals surface area (Å²) in [4.78, 5) is 17.4. The molecule has 0 aromatic heterocycles. The third-order valence-corrected chi connectivity index (χ3v) is 5.81. The summed E-state index contributed by atoms with van der Waals surface area (Å²) in [6.45, 7) is 2.75. The summed E-state index contributed by atoms with van der Waals surface area (Å²) in [5.41, 5.74) is 2.31. The molecule has 1 amide bonds. The quantitative estimate of drug-likeness (QED) is 0.916. The SMILES string of the molecule is O=C1C(N2CCC(c3ccc(O)cc3)CC2)CCCN1c1ccccc1. The number of likely N-dealkylation sites (tertiary alicyclic amines) is 1. The second kappa shape index (κ2) is 7.50. The Morgan fingerprint density at radius 2 is 1.54 bits per heavy atom. The van der Waals surface area contributed by atoms with Gasteiger partial charge in [-0.25, -0.2) is 0 Å². The van der Waals surface area contributed by atoms with Gasteiger partial charge >= 0.3 is 0 Å². The van der Waals surface area contributed by atoms with Crippen molar-refractivity contribution < 1.29 is 9.90 Å². The first-order chi connectivity index (χ1) is 12.7. The Bertz CT molecular complexity index is 736. The smallest absolute Gasteiger partial charge is 0.244 e. The molecule has 0 spiro atoms. The maximum absolute atomic E-state index is 13.1. The summed E-state index contributed by atoms with van der Waals surface area (Å²) in [5, 5.41) is 9.46. The lowest BCUT2D eigenvalue weighted by molar-refractivity contribution is -0.125. The van der Waals surface area contributed by atoms with Gasteiger partial charge in [0.2, 0.25) is 5.91 Å². The molecular formula is C22H26N2O2. The molecule has 26 heavy (non-hydrogen) atoms. The van der Waals surface area contributed by atoms with Gasteiger partial charge in [-0.1, -0.05) is 30.3 Å². The van der Waals surface area contributed by atoms with E-state index in [1.807, 2.05) is 47.4 Å². The van der Waals surface area contributed by atoms with Crippen LogP contribution < -0.4 is 4.90 Å². The van der Waals surface area contributed by atoms with Crippen LogP contribution in [0.2, 0.25) is 0 Å². The summed E-state index contributed by atoms with van der Waals surface area (Å²) < 4.78 is 0. The molecule has 0 aliphatic carbocycles. The number of nitrogens with zero attached hydrogens (tertiary/aromatic N) is 2. The fourth-order valence-corrected chi connectivity index (χ4v) is 4.35. The van der Waals surface area contributed by atoms with E-state index in [9.17, 15) is 9.90 Å². The highest BCUT2D eigenvalue weighted by Gasteiger charge is 2.35. The van der Waals surface area contributed by atoms with Crippen molar-refractivity contribution in [2.45, 2.75) is 37.6 Å². The molecule has 4 heteroatoms. The number of hydrogen-bond donors (Lipinski definition) is 1. The van der Waals surface area contributed by atoms with Gasteiger partial charge in [-0.15, -0.1) is 0 Å². The van der Waals surface area contributed by atoms with E-state index in [0.717, 1.165) is 51.0 Å². The fraction of sp³-hybridized carbons (Fsp3) is 0.409. The topological polar surface area (TPSA) is 43.8 Å². The van der Waals surface area contributed by atoms with Crippen LogP contribution in [-0.4, -0.2) is 41.6 Å². The van der Waals surface area contributed by atoms with Crippen LogP contribution in [0.15, 0.2) is 54.6 Å². The van der Waals surface area contributed by atoms with Gasteiger partial charge in [0.05, 0.1) is 6.04 Å². The molecule has 2 saturated heterocycles. The molecule has 1 unspecified atom stereocenters. The predicted octanol–water partition coefficient (Wildman–Crippen LogP) is 3.77. The number of piperidine rings is 2. The van der Waals surface area contributed by atoms with E-state index in [4.69, 9.17) is 0 Å². The first kappa shape index (κ1) is 17.1. The van der Waals surface area contributed by atoms with Gasteiger partial charge < -0.3 is 10.0 Å². The maximum atomic E-state index is 13.1. The lowest BCUT2D eigenvalue weighted by atomic mass is 9.88. The van der Waals surface area contributed by atoms with Crippen molar-refractivity contribution in [3.8, 4) is 5.75 Å².